The number of benzene rings is 1. The van der Waals surface area contributed by atoms with Gasteiger partial charge in [-0.3, -0.25) is 9.88 Å². The van der Waals surface area contributed by atoms with Crippen LogP contribution in [0.25, 0.3) is 10.7 Å². The molecule has 1 saturated heterocycles. The zero-order valence-corrected chi connectivity index (χ0v) is 17.0. The highest BCUT2D eigenvalue weighted by molar-refractivity contribution is 7.89. The van der Waals surface area contributed by atoms with Crippen LogP contribution in [0.15, 0.2) is 65.0 Å². The highest BCUT2D eigenvalue weighted by Gasteiger charge is 2.25. The molecular weight excluding hydrogens is 392 g/mol. The summed E-state index contributed by atoms with van der Waals surface area (Å²) in [6, 6.07) is 14.3. The fourth-order valence-electron chi connectivity index (χ4n) is 3.31. The quantitative estimate of drug-likeness (QED) is 0.671. The van der Waals surface area contributed by atoms with Gasteiger partial charge in [0.2, 0.25) is 10.0 Å². The minimum Gasteiger partial charge on any atom is -0.297 e. The summed E-state index contributed by atoms with van der Waals surface area (Å²) in [7, 11) is -3.45. The molecule has 0 bridgehead atoms. The number of pyridine rings is 1. The third kappa shape index (κ3) is 4.64. The number of likely N-dealkylation sites (tertiary alicyclic amines) is 1. The summed E-state index contributed by atoms with van der Waals surface area (Å²) < 4.78 is 27.8. The third-order valence-corrected chi connectivity index (χ3v) is 7.23. The van der Waals surface area contributed by atoms with Crippen molar-refractivity contribution in [1.82, 2.24) is 19.6 Å². The molecule has 0 atom stereocenters. The van der Waals surface area contributed by atoms with Crippen LogP contribution < -0.4 is 4.72 Å². The molecule has 146 valence electrons. The highest BCUT2D eigenvalue weighted by atomic mass is 32.2. The summed E-state index contributed by atoms with van der Waals surface area (Å²) in [4.78, 5) is 11.7. The standard InChI is InChI=1S/C20H22N4O2S2/c25-28(26,18-6-2-1-3-7-18)23-16-9-12-24(13-10-16)14-17-15-27-20(22-17)19-8-4-5-11-21-19/h1-8,11,15-16,23H,9-10,12-14H2. The Labute approximate surface area is 169 Å². The van der Waals surface area contributed by atoms with E-state index in [9.17, 15) is 8.42 Å². The van der Waals surface area contributed by atoms with Crippen molar-refractivity contribution in [1.29, 1.82) is 0 Å². The summed E-state index contributed by atoms with van der Waals surface area (Å²) >= 11 is 1.61. The van der Waals surface area contributed by atoms with Crippen LogP contribution in [0.1, 0.15) is 18.5 Å². The molecule has 6 nitrogen and oxygen atoms in total. The van der Waals surface area contributed by atoms with Crippen LogP contribution in [0, 0.1) is 0 Å². The van der Waals surface area contributed by atoms with E-state index in [-0.39, 0.29) is 6.04 Å². The SMILES string of the molecule is O=S(=O)(NC1CCN(Cc2csc(-c3ccccn3)n2)CC1)c1ccccc1. The lowest BCUT2D eigenvalue weighted by atomic mass is 10.1. The fourth-order valence-corrected chi connectivity index (χ4v) is 5.42. The molecule has 1 N–H and O–H groups in total. The predicted molar refractivity (Wildman–Crippen MR) is 110 cm³/mol. The highest BCUT2D eigenvalue weighted by Crippen LogP contribution is 2.23. The van der Waals surface area contributed by atoms with Gasteiger partial charge in [0.1, 0.15) is 5.01 Å². The maximum atomic E-state index is 12.5. The Balaban J connectivity index is 1.31. The van der Waals surface area contributed by atoms with Gasteiger partial charge in [-0.25, -0.2) is 18.1 Å². The Kier molecular flexibility index (Phi) is 5.82. The van der Waals surface area contributed by atoms with Gasteiger partial charge < -0.3 is 0 Å². The fraction of sp³-hybridized carbons (Fsp3) is 0.300. The summed E-state index contributed by atoms with van der Waals surface area (Å²) in [6.45, 7) is 2.47. The Morgan fingerprint density at radius 2 is 1.82 bits per heavy atom. The molecule has 1 aliphatic rings. The first-order valence-corrected chi connectivity index (χ1v) is 11.6. The van der Waals surface area contributed by atoms with E-state index in [0.29, 0.717) is 4.90 Å². The smallest absolute Gasteiger partial charge is 0.240 e. The van der Waals surface area contributed by atoms with E-state index in [1.807, 2.05) is 24.3 Å². The lowest BCUT2D eigenvalue weighted by Gasteiger charge is -2.31. The van der Waals surface area contributed by atoms with E-state index in [0.717, 1.165) is 48.9 Å². The molecular formula is C20H22N4O2S2. The van der Waals surface area contributed by atoms with Crippen molar-refractivity contribution in [3.63, 3.8) is 0 Å². The molecule has 3 aromatic rings. The average molecular weight is 415 g/mol. The van der Waals surface area contributed by atoms with Crippen molar-refractivity contribution in [2.75, 3.05) is 13.1 Å². The number of nitrogens with zero attached hydrogens (tertiary/aromatic N) is 3. The summed E-state index contributed by atoms with van der Waals surface area (Å²) in [5.74, 6) is 0. The van der Waals surface area contributed by atoms with E-state index in [1.165, 1.54) is 0 Å². The number of sulfonamides is 1. The van der Waals surface area contributed by atoms with E-state index >= 15 is 0 Å². The zero-order chi connectivity index (χ0) is 19.4. The van der Waals surface area contributed by atoms with E-state index in [1.54, 1.807) is 41.8 Å². The Morgan fingerprint density at radius 3 is 2.54 bits per heavy atom. The number of thiazole rings is 1. The first kappa shape index (κ1) is 19.2. The maximum absolute atomic E-state index is 12.5. The van der Waals surface area contributed by atoms with Crippen molar-refractivity contribution in [3.8, 4) is 10.7 Å². The molecule has 0 amide bonds. The van der Waals surface area contributed by atoms with Crippen LogP contribution in [0.2, 0.25) is 0 Å². The third-order valence-electron chi connectivity index (χ3n) is 4.78. The molecule has 0 radical (unpaired) electrons. The topological polar surface area (TPSA) is 75.2 Å². The number of nitrogens with one attached hydrogen (secondary N) is 1. The van der Waals surface area contributed by atoms with Gasteiger partial charge in [0.25, 0.3) is 0 Å². The van der Waals surface area contributed by atoms with Crippen LogP contribution in [-0.4, -0.2) is 42.4 Å². The molecule has 1 aliphatic heterocycles. The second-order valence-corrected chi connectivity index (χ2v) is 9.42. The first-order valence-electron chi connectivity index (χ1n) is 9.26. The van der Waals surface area contributed by atoms with Crippen LogP contribution in [-0.2, 0) is 16.6 Å². The molecule has 0 saturated carbocycles. The van der Waals surface area contributed by atoms with Crippen molar-refractivity contribution in [2.24, 2.45) is 0 Å². The van der Waals surface area contributed by atoms with Crippen LogP contribution in [0.5, 0.6) is 0 Å². The van der Waals surface area contributed by atoms with E-state index in [2.05, 4.69) is 20.0 Å². The molecule has 0 aliphatic carbocycles. The van der Waals surface area contributed by atoms with Crippen LogP contribution in [0.3, 0.4) is 0 Å². The van der Waals surface area contributed by atoms with Crippen LogP contribution >= 0.6 is 11.3 Å². The van der Waals surface area contributed by atoms with Gasteiger partial charge in [0.05, 0.1) is 16.3 Å². The lowest BCUT2D eigenvalue weighted by Crippen LogP contribution is -2.44. The summed E-state index contributed by atoms with van der Waals surface area (Å²) in [5.41, 5.74) is 1.93. The van der Waals surface area contributed by atoms with Crippen LogP contribution in [0.4, 0.5) is 0 Å². The van der Waals surface area contributed by atoms with Crippen molar-refractivity contribution in [2.45, 2.75) is 30.3 Å². The van der Waals surface area contributed by atoms with Crippen molar-refractivity contribution in [3.05, 3.63) is 65.8 Å². The summed E-state index contributed by atoms with van der Waals surface area (Å²) in [6.07, 6.45) is 3.37. The van der Waals surface area contributed by atoms with E-state index in [4.69, 9.17) is 4.98 Å². The number of hydrogen-bond donors (Lipinski definition) is 1. The Hall–Kier alpha value is -2.13. The maximum Gasteiger partial charge on any atom is 0.240 e. The largest absolute Gasteiger partial charge is 0.297 e. The molecule has 8 heteroatoms. The molecule has 0 unspecified atom stereocenters. The Morgan fingerprint density at radius 1 is 1.07 bits per heavy atom. The zero-order valence-electron chi connectivity index (χ0n) is 15.4. The molecule has 28 heavy (non-hydrogen) atoms. The number of hydrogen-bond acceptors (Lipinski definition) is 6. The first-order chi connectivity index (χ1) is 13.6. The molecule has 0 spiro atoms. The summed E-state index contributed by atoms with van der Waals surface area (Å²) in [5, 5.41) is 3.01. The number of rotatable bonds is 6. The molecule has 1 aromatic carbocycles. The van der Waals surface area contributed by atoms with E-state index < -0.39 is 10.0 Å². The number of aromatic nitrogens is 2. The molecule has 4 rings (SSSR count). The molecule has 3 heterocycles. The predicted octanol–water partition coefficient (Wildman–Crippen LogP) is 3.15. The Bertz CT molecular complexity index is 999. The second kappa shape index (κ2) is 8.48. The van der Waals surface area contributed by atoms with Gasteiger partial charge >= 0.3 is 0 Å². The monoisotopic (exact) mass is 414 g/mol. The van der Waals surface area contributed by atoms with Gasteiger partial charge in [-0.1, -0.05) is 24.3 Å². The van der Waals surface area contributed by atoms with Gasteiger partial charge in [-0.05, 0) is 37.1 Å². The van der Waals surface area contributed by atoms with Gasteiger partial charge in [0.15, 0.2) is 0 Å². The molecule has 2 aromatic heterocycles. The normalized spacial score (nSPS) is 16.3. The minimum absolute atomic E-state index is 0.0269. The lowest BCUT2D eigenvalue weighted by molar-refractivity contribution is 0.198. The van der Waals surface area contributed by atoms with Gasteiger partial charge in [-0.2, -0.15) is 0 Å². The number of piperidine rings is 1. The van der Waals surface area contributed by atoms with Crippen molar-refractivity contribution >= 4 is 21.4 Å². The second-order valence-electron chi connectivity index (χ2n) is 6.84. The average Bonchev–Trinajstić information content (AvgIpc) is 3.19. The van der Waals surface area contributed by atoms with Crippen molar-refractivity contribution < 1.29 is 8.42 Å². The minimum atomic E-state index is -3.45. The molecule has 1 fully saturated rings. The van der Waals surface area contributed by atoms with Gasteiger partial charge in [0, 0.05) is 37.3 Å². The van der Waals surface area contributed by atoms with Gasteiger partial charge in [-0.15, -0.1) is 11.3 Å².